The van der Waals surface area contributed by atoms with E-state index in [2.05, 4.69) is 0 Å². The van der Waals surface area contributed by atoms with Crippen molar-refractivity contribution < 1.29 is 23.4 Å². The molecule has 2 N–H and O–H groups in total. The minimum atomic E-state index is -3.94. The average molecular weight is 381 g/mol. The van der Waals surface area contributed by atoms with Crippen molar-refractivity contribution in [3.63, 3.8) is 0 Å². The number of hydrogen-bond acceptors (Lipinski definition) is 4. The fourth-order valence-corrected chi connectivity index (χ4v) is 5.98. The van der Waals surface area contributed by atoms with E-state index in [0.29, 0.717) is 10.6 Å². The van der Waals surface area contributed by atoms with Gasteiger partial charge in [-0.3, -0.25) is 4.79 Å². The maximum Gasteiger partial charge on any atom is 0.314 e. The molecule has 0 saturated heterocycles. The summed E-state index contributed by atoms with van der Waals surface area (Å²) in [5, 5.41) is 18.6. The van der Waals surface area contributed by atoms with Gasteiger partial charge in [0, 0.05) is 10.9 Å². The lowest BCUT2D eigenvalue weighted by Crippen LogP contribution is -2.27. The number of carboxylic acid groups (broad SMARTS) is 1. The van der Waals surface area contributed by atoms with Crippen molar-refractivity contribution in [3.8, 4) is 0 Å². The van der Waals surface area contributed by atoms with Gasteiger partial charge in [0.15, 0.2) is 9.84 Å². The van der Waals surface area contributed by atoms with E-state index in [-0.39, 0.29) is 4.90 Å². The summed E-state index contributed by atoms with van der Waals surface area (Å²) in [5.74, 6) is -2.19. The molecule has 0 unspecified atom stereocenters. The van der Waals surface area contributed by atoms with Crippen LogP contribution in [0.5, 0.6) is 0 Å². The Kier molecular flexibility index (Phi) is 4.39. The van der Waals surface area contributed by atoms with Gasteiger partial charge in [0.1, 0.15) is 5.41 Å². The van der Waals surface area contributed by atoms with Crippen LogP contribution in [0.1, 0.15) is 17.0 Å². The monoisotopic (exact) mass is 380 g/mol. The Labute approximate surface area is 150 Å². The Morgan fingerprint density at radius 1 is 1.20 bits per heavy atom. The molecule has 0 aliphatic heterocycles. The van der Waals surface area contributed by atoms with Crippen molar-refractivity contribution in [2.75, 3.05) is 6.61 Å². The molecule has 0 bridgehead atoms. The van der Waals surface area contributed by atoms with Crippen LogP contribution >= 0.6 is 11.6 Å². The van der Waals surface area contributed by atoms with E-state index in [1.807, 2.05) is 6.92 Å². The first-order valence-electron chi connectivity index (χ1n) is 7.65. The second kappa shape index (κ2) is 6.12. The van der Waals surface area contributed by atoms with E-state index >= 15 is 0 Å². The molecule has 0 heterocycles. The summed E-state index contributed by atoms with van der Waals surface area (Å²) in [6.45, 7) is 1.06. The van der Waals surface area contributed by atoms with Gasteiger partial charge < -0.3 is 10.2 Å². The summed E-state index contributed by atoms with van der Waals surface area (Å²) in [6, 6.07) is 12.7. The summed E-state index contributed by atoms with van der Waals surface area (Å²) in [5.41, 5.74) is -0.383. The maximum atomic E-state index is 13.0. The van der Waals surface area contributed by atoms with Crippen molar-refractivity contribution in [1.29, 1.82) is 0 Å². The number of rotatable bonds is 5. The molecule has 0 radical (unpaired) electrons. The lowest BCUT2D eigenvalue weighted by Gasteiger charge is -2.09. The highest BCUT2D eigenvalue weighted by molar-refractivity contribution is 7.92. The van der Waals surface area contributed by atoms with Crippen molar-refractivity contribution in [2.45, 2.75) is 23.0 Å². The standard InChI is InChI=1S/C18H17ClO5S/c1-11-5-7-14(8-6-11)25(23,24)16-15(18(16,10-20)17(21)22)12-3-2-4-13(19)9-12/h2-9,15-16,20H,10H2,1H3,(H,21,22)/t15-,16+,18-/m1/s1. The van der Waals surface area contributed by atoms with Crippen LogP contribution in [0.3, 0.4) is 0 Å². The molecule has 0 spiro atoms. The first-order chi connectivity index (χ1) is 11.7. The van der Waals surface area contributed by atoms with Gasteiger partial charge in [-0.2, -0.15) is 0 Å². The molecule has 132 valence electrons. The van der Waals surface area contributed by atoms with Crippen LogP contribution in [0.2, 0.25) is 5.02 Å². The molecule has 1 saturated carbocycles. The van der Waals surface area contributed by atoms with Crippen LogP contribution in [-0.2, 0) is 14.6 Å². The summed E-state index contributed by atoms with van der Waals surface area (Å²) < 4.78 is 26.1. The number of halogens is 1. The number of aliphatic carboxylic acids is 1. The van der Waals surface area contributed by atoms with Crippen LogP contribution < -0.4 is 0 Å². The van der Waals surface area contributed by atoms with Crippen LogP contribution in [-0.4, -0.2) is 36.5 Å². The molecule has 7 heteroatoms. The van der Waals surface area contributed by atoms with Crippen molar-refractivity contribution in [2.24, 2.45) is 5.41 Å². The normalized spacial score (nSPS) is 25.6. The highest BCUT2D eigenvalue weighted by atomic mass is 35.5. The number of benzene rings is 2. The third-order valence-electron chi connectivity index (χ3n) is 4.81. The molecule has 2 aromatic carbocycles. The molecule has 3 rings (SSSR count). The minimum absolute atomic E-state index is 0.0479. The minimum Gasteiger partial charge on any atom is -0.481 e. The molecular formula is C18H17ClO5S. The van der Waals surface area contributed by atoms with Crippen molar-refractivity contribution in [3.05, 3.63) is 64.7 Å². The van der Waals surface area contributed by atoms with Gasteiger partial charge >= 0.3 is 5.97 Å². The zero-order valence-electron chi connectivity index (χ0n) is 13.4. The molecular weight excluding hydrogens is 364 g/mol. The molecule has 1 aliphatic rings. The number of sulfone groups is 1. The van der Waals surface area contributed by atoms with Gasteiger partial charge in [-0.15, -0.1) is 0 Å². The number of aliphatic hydroxyl groups excluding tert-OH is 1. The summed E-state index contributed by atoms with van der Waals surface area (Å²) in [4.78, 5) is 11.9. The third kappa shape index (κ3) is 2.74. The Hall–Kier alpha value is -1.89. The Morgan fingerprint density at radius 3 is 2.36 bits per heavy atom. The topological polar surface area (TPSA) is 91.7 Å². The van der Waals surface area contributed by atoms with E-state index in [1.165, 1.54) is 12.1 Å². The zero-order valence-corrected chi connectivity index (χ0v) is 15.0. The lowest BCUT2D eigenvalue weighted by atomic mass is 10.0. The third-order valence-corrected chi connectivity index (χ3v) is 7.33. The van der Waals surface area contributed by atoms with E-state index < -0.39 is 39.0 Å². The second-order valence-corrected chi connectivity index (χ2v) is 8.82. The average Bonchev–Trinajstić information content (AvgIpc) is 3.27. The van der Waals surface area contributed by atoms with Gasteiger partial charge in [-0.25, -0.2) is 8.42 Å². The summed E-state index contributed by atoms with van der Waals surface area (Å²) in [7, 11) is -3.94. The van der Waals surface area contributed by atoms with Gasteiger partial charge in [-0.1, -0.05) is 41.4 Å². The molecule has 25 heavy (non-hydrogen) atoms. The van der Waals surface area contributed by atoms with E-state index in [9.17, 15) is 23.4 Å². The predicted molar refractivity (Wildman–Crippen MR) is 93.5 cm³/mol. The first-order valence-corrected chi connectivity index (χ1v) is 9.58. The molecule has 1 aliphatic carbocycles. The van der Waals surface area contributed by atoms with E-state index in [4.69, 9.17) is 11.6 Å². The van der Waals surface area contributed by atoms with E-state index in [1.54, 1.807) is 36.4 Å². The highest BCUT2D eigenvalue weighted by Crippen LogP contribution is 2.64. The Morgan fingerprint density at radius 2 is 1.84 bits per heavy atom. The number of aliphatic hydroxyl groups is 1. The Bertz CT molecular complexity index is 923. The molecule has 0 aromatic heterocycles. The van der Waals surface area contributed by atoms with Gasteiger partial charge in [-0.05, 0) is 36.8 Å². The number of carbonyl (C=O) groups is 1. The van der Waals surface area contributed by atoms with Crippen molar-refractivity contribution in [1.82, 2.24) is 0 Å². The number of aryl methyl sites for hydroxylation is 1. The second-order valence-electron chi connectivity index (χ2n) is 6.31. The predicted octanol–water partition coefficient (Wildman–Crippen LogP) is 2.65. The maximum absolute atomic E-state index is 13.0. The fraction of sp³-hybridized carbons (Fsp3) is 0.278. The van der Waals surface area contributed by atoms with Gasteiger partial charge in [0.2, 0.25) is 0 Å². The lowest BCUT2D eigenvalue weighted by molar-refractivity contribution is -0.145. The molecule has 3 atom stereocenters. The molecule has 0 amide bonds. The van der Waals surface area contributed by atoms with E-state index in [0.717, 1.165) is 5.56 Å². The van der Waals surface area contributed by atoms with Gasteiger partial charge in [0.05, 0.1) is 16.8 Å². The fourth-order valence-electron chi connectivity index (χ4n) is 3.42. The first kappa shape index (κ1) is 17.9. The highest BCUT2D eigenvalue weighted by Gasteiger charge is 2.75. The number of carboxylic acids is 1. The molecule has 2 aromatic rings. The summed E-state index contributed by atoms with van der Waals surface area (Å²) >= 11 is 5.97. The number of hydrogen-bond donors (Lipinski definition) is 2. The van der Waals surface area contributed by atoms with Gasteiger partial charge in [0.25, 0.3) is 0 Å². The smallest absolute Gasteiger partial charge is 0.314 e. The molecule has 1 fully saturated rings. The van der Waals surface area contributed by atoms with Crippen LogP contribution in [0.4, 0.5) is 0 Å². The zero-order chi connectivity index (χ0) is 18.4. The van der Waals surface area contributed by atoms with Crippen LogP contribution in [0.25, 0.3) is 0 Å². The SMILES string of the molecule is Cc1ccc(S(=O)(=O)[C@H]2[C@@H](c3cccc(Cl)c3)[C@@]2(CO)C(=O)O)cc1. The Balaban J connectivity index is 2.12. The largest absolute Gasteiger partial charge is 0.481 e. The molecule has 5 nitrogen and oxygen atoms in total. The quantitative estimate of drug-likeness (QED) is 0.832. The van der Waals surface area contributed by atoms with Crippen molar-refractivity contribution >= 4 is 27.4 Å². The van der Waals surface area contributed by atoms with Crippen LogP contribution in [0.15, 0.2) is 53.4 Å². The summed E-state index contributed by atoms with van der Waals surface area (Å²) in [6.07, 6.45) is 0. The van der Waals surface area contributed by atoms with Crippen LogP contribution in [0, 0.1) is 12.3 Å².